The summed E-state index contributed by atoms with van der Waals surface area (Å²) in [6.07, 6.45) is 0. The number of ether oxygens (including phenoxy) is 1. The molecule has 1 amide bonds. The van der Waals surface area contributed by atoms with Crippen LogP contribution in [0.2, 0.25) is 5.02 Å². The van der Waals surface area contributed by atoms with E-state index in [-0.39, 0.29) is 11.3 Å². The van der Waals surface area contributed by atoms with E-state index in [0.717, 1.165) is 10.3 Å². The molecule has 0 radical (unpaired) electrons. The number of halogens is 1. The first-order valence-electron chi connectivity index (χ1n) is 10.5. The molecule has 3 aromatic carbocycles. The fraction of sp³-hybridized carbons (Fsp3) is 0.115. The Morgan fingerprint density at radius 3 is 2.56 bits per heavy atom. The predicted molar refractivity (Wildman–Crippen MR) is 134 cm³/mol. The molecule has 0 bridgehead atoms. The highest BCUT2D eigenvalue weighted by Gasteiger charge is 2.48. The van der Waals surface area contributed by atoms with Gasteiger partial charge < -0.3 is 9.84 Å². The highest BCUT2D eigenvalue weighted by molar-refractivity contribution is 7.22. The number of Topliss-reactive ketones (excluding diaryl/α,β-unsaturated/α-hetero) is 1. The molecule has 1 aliphatic heterocycles. The third-order valence-electron chi connectivity index (χ3n) is 5.71. The van der Waals surface area contributed by atoms with Crippen LogP contribution in [0.3, 0.4) is 0 Å². The third kappa shape index (κ3) is 3.73. The van der Waals surface area contributed by atoms with E-state index >= 15 is 0 Å². The highest BCUT2D eigenvalue weighted by Crippen LogP contribution is 2.44. The topological polar surface area (TPSA) is 79.7 Å². The highest BCUT2D eigenvalue weighted by atomic mass is 35.5. The summed E-state index contributed by atoms with van der Waals surface area (Å²) in [6.45, 7) is 1.93. The van der Waals surface area contributed by atoms with Crippen molar-refractivity contribution < 1.29 is 19.4 Å². The standard InChI is InChI=1S/C26H19ClN2O4S/c1-14-4-3-5-16(12-14)22-21(23(30)15-6-9-18(33-2)10-7-15)24(31)25(32)29(22)26-28-19-11-8-17(27)13-20(19)34-26/h3-13,22,30H,1-2H3/b23-21+. The zero-order valence-corrected chi connectivity index (χ0v) is 19.9. The maximum atomic E-state index is 13.3. The van der Waals surface area contributed by atoms with Crippen LogP contribution in [0.5, 0.6) is 5.75 Å². The lowest BCUT2D eigenvalue weighted by atomic mass is 9.94. The first kappa shape index (κ1) is 22.1. The number of thiazole rings is 1. The van der Waals surface area contributed by atoms with Gasteiger partial charge in [0, 0.05) is 10.6 Å². The van der Waals surface area contributed by atoms with Crippen molar-refractivity contribution in [2.24, 2.45) is 0 Å². The molecule has 1 atom stereocenters. The molecule has 170 valence electrons. The Kier molecular flexibility index (Phi) is 5.59. The first-order chi connectivity index (χ1) is 16.4. The largest absolute Gasteiger partial charge is 0.507 e. The van der Waals surface area contributed by atoms with Gasteiger partial charge in [0.05, 0.1) is 28.9 Å². The summed E-state index contributed by atoms with van der Waals surface area (Å²) in [5.41, 5.74) is 2.75. The summed E-state index contributed by atoms with van der Waals surface area (Å²) in [5, 5.41) is 12.1. The van der Waals surface area contributed by atoms with E-state index in [9.17, 15) is 14.7 Å². The van der Waals surface area contributed by atoms with E-state index < -0.39 is 17.7 Å². The van der Waals surface area contributed by atoms with E-state index in [1.165, 1.54) is 16.2 Å². The van der Waals surface area contributed by atoms with Crippen LogP contribution in [0.1, 0.15) is 22.7 Å². The SMILES string of the molecule is COc1ccc(/C(O)=C2\C(=O)C(=O)N(c3nc4ccc(Cl)cc4s3)C2c2cccc(C)c2)cc1. The molecule has 4 aromatic rings. The Bertz CT molecular complexity index is 1480. The van der Waals surface area contributed by atoms with Gasteiger partial charge in [-0.25, -0.2) is 4.98 Å². The average molecular weight is 491 g/mol. The number of rotatable bonds is 4. The van der Waals surface area contributed by atoms with Crippen molar-refractivity contribution in [1.82, 2.24) is 4.98 Å². The van der Waals surface area contributed by atoms with Crippen molar-refractivity contribution in [3.63, 3.8) is 0 Å². The third-order valence-corrected chi connectivity index (χ3v) is 6.96. The summed E-state index contributed by atoms with van der Waals surface area (Å²) >= 11 is 7.40. The lowest BCUT2D eigenvalue weighted by molar-refractivity contribution is -0.132. The van der Waals surface area contributed by atoms with E-state index in [0.29, 0.717) is 32.5 Å². The molecule has 1 unspecified atom stereocenters. The Hall–Kier alpha value is -3.68. The van der Waals surface area contributed by atoms with Crippen LogP contribution in [-0.4, -0.2) is 28.9 Å². The maximum absolute atomic E-state index is 13.3. The maximum Gasteiger partial charge on any atom is 0.301 e. The quantitative estimate of drug-likeness (QED) is 0.219. The van der Waals surface area contributed by atoms with Gasteiger partial charge >= 0.3 is 5.91 Å². The number of aliphatic hydroxyl groups is 1. The Morgan fingerprint density at radius 2 is 1.85 bits per heavy atom. The minimum Gasteiger partial charge on any atom is -0.507 e. The molecular weight excluding hydrogens is 472 g/mol. The van der Waals surface area contributed by atoms with Crippen molar-refractivity contribution >= 4 is 55.7 Å². The van der Waals surface area contributed by atoms with Crippen LogP contribution < -0.4 is 9.64 Å². The normalized spacial score (nSPS) is 17.5. The number of benzene rings is 3. The number of aromatic nitrogens is 1. The molecule has 1 aromatic heterocycles. The zero-order valence-electron chi connectivity index (χ0n) is 18.3. The van der Waals surface area contributed by atoms with E-state index in [2.05, 4.69) is 4.98 Å². The molecule has 8 heteroatoms. The number of nitrogens with zero attached hydrogens (tertiary/aromatic N) is 2. The summed E-state index contributed by atoms with van der Waals surface area (Å²) in [4.78, 5) is 32.6. The molecule has 6 nitrogen and oxygen atoms in total. The lowest BCUT2D eigenvalue weighted by Crippen LogP contribution is -2.29. The number of amides is 1. The molecule has 1 fully saturated rings. The number of hydrogen-bond acceptors (Lipinski definition) is 6. The zero-order chi connectivity index (χ0) is 24.0. The van der Waals surface area contributed by atoms with Crippen LogP contribution in [0.25, 0.3) is 16.0 Å². The summed E-state index contributed by atoms with van der Waals surface area (Å²) in [7, 11) is 1.54. The number of carbonyl (C=O) groups is 2. The van der Waals surface area contributed by atoms with Crippen LogP contribution in [0.15, 0.2) is 72.3 Å². The van der Waals surface area contributed by atoms with Gasteiger partial charge in [-0.15, -0.1) is 0 Å². The van der Waals surface area contributed by atoms with Crippen LogP contribution in [0.4, 0.5) is 5.13 Å². The lowest BCUT2D eigenvalue weighted by Gasteiger charge is -2.23. The second-order valence-electron chi connectivity index (χ2n) is 7.92. The van der Waals surface area contributed by atoms with E-state index in [1.807, 2.05) is 31.2 Å². The van der Waals surface area contributed by atoms with Gasteiger partial charge in [0.1, 0.15) is 11.5 Å². The molecule has 1 N–H and O–H groups in total. The average Bonchev–Trinajstić information content (AvgIpc) is 3.36. The van der Waals surface area contributed by atoms with E-state index in [1.54, 1.807) is 49.6 Å². The smallest absolute Gasteiger partial charge is 0.301 e. The number of aliphatic hydroxyl groups excluding tert-OH is 1. The Labute approximate surface area is 204 Å². The Morgan fingerprint density at radius 1 is 1.09 bits per heavy atom. The van der Waals surface area contributed by atoms with E-state index in [4.69, 9.17) is 16.3 Å². The van der Waals surface area contributed by atoms with Gasteiger partial charge in [-0.2, -0.15) is 0 Å². The van der Waals surface area contributed by atoms with Crippen molar-refractivity contribution in [3.8, 4) is 5.75 Å². The number of methoxy groups -OCH3 is 1. The summed E-state index contributed by atoms with van der Waals surface area (Å²) in [6, 6.07) is 18.6. The number of anilines is 1. The fourth-order valence-corrected chi connectivity index (χ4v) is 5.35. The number of hydrogen-bond donors (Lipinski definition) is 1. The number of aryl methyl sites for hydroxylation is 1. The molecule has 0 aliphatic carbocycles. The predicted octanol–water partition coefficient (Wildman–Crippen LogP) is 5.89. The molecular formula is C26H19ClN2O4S. The van der Waals surface area contributed by atoms with Gasteiger partial charge in [-0.1, -0.05) is 52.8 Å². The van der Waals surface area contributed by atoms with Crippen molar-refractivity contribution in [3.05, 3.63) is 94.0 Å². The summed E-state index contributed by atoms with van der Waals surface area (Å²) < 4.78 is 5.98. The number of carbonyl (C=O) groups excluding carboxylic acids is 2. The number of ketones is 1. The number of fused-ring (bicyclic) bond motifs is 1. The molecule has 0 saturated carbocycles. The van der Waals surface area contributed by atoms with Gasteiger partial charge in [-0.3, -0.25) is 14.5 Å². The van der Waals surface area contributed by atoms with Crippen LogP contribution >= 0.6 is 22.9 Å². The first-order valence-corrected chi connectivity index (χ1v) is 11.6. The van der Waals surface area contributed by atoms with Gasteiger partial charge in [0.15, 0.2) is 5.13 Å². The Balaban J connectivity index is 1.72. The van der Waals surface area contributed by atoms with Gasteiger partial charge in [-0.05, 0) is 55.0 Å². The second kappa shape index (κ2) is 8.59. The molecule has 1 aliphatic rings. The molecule has 1 saturated heterocycles. The second-order valence-corrected chi connectivity index (χ2v) is 9.37. The minimum atomic E-state index is -0.835. The monoisotopic (exact) mass is 490 g/mol. The van der Waals surface area contributed by atoms with Gasteiger partial charge in [0.2, 0.25) is 0 Å². The fourth-order valence-electron chi connectivity index (χ4n) is 4.08. The van der Waals surface area contributed by atoms with Crippen molar-refractivity contribution in [2.45, 2.75) is 13.0 Å². The molecule has 5 rings (SSSR count). The van der Waals surface area contributed by atoms with Crippen molar-refractivity contribution in [1.29, 1.82) is 0 Å². The molecule has 2 heterocycles. The summed E-state index contributed by atoms with van der Waals surface area (Å²) in [5.74, 6) is -1.15. The molecule has 0 spiro atoms. The molecule has 34 heavy (non-hydrogen) atoms. The minimum absolute atomic E-state index is 0.0121. The van der Waals surface area contributed by atoms with Crippen LogP contribution in [0, 0.1) is 6.92 Å². The van der Waals surface area contributed by atoms with Crippen molar-refractivity contribution in [2.75, 3.05) is 12.0 Å². The van der Waals surface area contributed by atoms with Crippen LogP contribution in [-0.2, 0) is 9.59 Å². The van der Waals surface area contributed by atoms with Gasteiger partial charge in [0.25, 0.3) is 5.78 Å².